The van der Waals surface area contributed by atoms with Crippen LogP contribution in [0.1, 0.15) is 20.8 Å². The van der Waals surface area contributed by atoms with Crippen LogP contribution in [0, 0.1) is 5.41 Å². The van der Waals surface area contributed by atoms with E-state index in [4.69, 9.17) is 5.73 Å². The van der Waals surface area contributed by atoms with Gasteiger partial charge >= 0.3 is 0 Å². The maximum Gasteiger partial charge on any atom is 0.196 e. The van der Waals surface area contributed by atoms with E-state index < -0.39 is 0 Å². The monoisotopic (exact) mass is 219 g/mol. The molecule has 0 aliphatic carbocycles. The van der Waals surface area contributed by atoms with Crippen molar-refractivity contribution in [2.45, 2.75) is 20.8 Å². The Morgan fingerprint density at radius 2 is 1.81 bits per heavy atom. The first kappa shape index (κ1) is 12.6. The minimum Gasteiger partial charge on any atom is -0.369 e. The smallest absolute Gasteiger partial charge is 0.196 e. The van der Waals surface area contributed by atoms with Gasteiger partial charge in [0.05, 0.1) is 5.69 Å². The molecule has 0 spiro atoms. The molecule has 1 rings (SSSR count). The van der Waals surface area contributed by atoms with Gasteiger partial charge in [0, 0.05) is 13.6 Å². The standard InChI is InChI=1S/C13H21N3/c1-13(2,3)10-16(4)12(14)15-11-8-6-5-7-9-11/h5-9H,10H2,1-4H3,(H2,14,15). The number of hydrogen-bond acceptors (Lipinski definition) is 1. The minimum absolute atomic E-state index is 0.214. The summed E-state index contributed by atoms with van der Waals surface area (Å²) >= 11 is 0. The lowest BCUT2D eigenvalue weighted by Gasteiger charge is -2.27. The summed E-state index contributed by atoms with van der Waals surface area (Å²) in [5.74, 6) is 0.557. The van der Waals surface area contributed by atoms with Crippen LogP contribution in [0.4, 0.5) is 5.69 Å². The van der Waals surface area contributed by atoms with Crippen molar-refractivity contribution in [3.8, 4) is 0 Å². The molecule has 3 heteroatoms. The van der Waals surface area contributed by atoms with Crippen LogP contribution in [-0.4, -0.2) is 24.5 Å². The number of rotatable bonds is 2. The van der Waals surface area contributed by atoms with Crippen LogP contribution in [0.15, 0.2) is 35.3 Å². The number of nitrogens with two attached hydrogens (primary N) is 1. The van der Waals surface area contributed by atoms with Crippen molar-refractivity contribution in [1.29, 1.82) is 0 Å². The quantitative estimate of drug-likeness (QED) is 0.613. The Hall–Kier alpha value is -1.51. The maximum atomic E-state index is 5.93. The van der Waals surface area contributed by atoms with Gasteiger partial charge in [0.1, 0.15) is 0 Å². The first-order valence-corrected chi connectivity index (χ1v) is 5.49. The first-order valence-electron chi connectivity index (χ1n) is 5.49. The van der Waals surface area contributed by atoms with Crippen LogP contribution in [0.5, 0.6) is 0 Å². The zero-order valence-corrected chi connectivity index (χ0v) is 10.6. The number of hydrogen-bond donors (Lipinski definition) is 1. The van der Waals surface area contributed by atoms with E-state index in [0.29, 0.717) is 5.96 Å². The molecule has 0 amide bonds. The van der Waals surface area contributed by atoms with E-state index in [9.17, 15) is 0 Å². The van der Waals surface area contributed by atoms with Gasteiger partial charge in [-0.3, -0.25) is 0 Å². The summed E-state index contributed by atoms with van der Waals surface area (Å²) in [4.78, 5) is 6.34. The number of para-hydroxylation sites is 1. The lowest BCUT2D eigenvalue weighted by molar-refractivity contribution is 0.304. The zero-order chi connectivity index (χ0) is 12.2. The zero-order valence-electron chi connectivity index (χ0n) is 10.6. The molecular weight excluding hydrogens is 198 g/mol. The molecule has 88 valence electrons. The van der Waals surface area contributed by atoms with Crippen LogP contribution >= 0.6 is 0 Å². The van der Waals surface area contributed by atoms with E-state index in [2.05, 4.69) is 25.8 Å². The van der Waals surface area contributed by atoms with Crippen molar-refractivity contribution in [2.75, 3.05) is 13.6 Å². The van der Waals surface area contributed by atoms with Crippen molar-refractivity contribution in [2.24, 2.45) is 16.1 Å². The summed E-state index contributed by atoms with van der Waals surface area (Å²) in [5, 5.41) is 0. The van der Waals surface area contributed by atoms with Gasteiger partial charge in [-0.25, -0.2) is 4.99 Å². The molecule has 0 fully saturated rings. The number of benzene rings is 1. The van der Waals surface area contributed by atoms with Gasteiger partial charge in [-0.1, -0.05) is 39.0 Å². The fourth-order valence-corrected chi connectivity index (χ4v) is 1.51. The van der Waals surface area contributed by atoms with E-state index in [-0.39, 0.29) is 5.41 Å². The highest BCUT2D eigenvalue weighted by atomic mass is 15.2. The Morgan fingerprint density at radius 1 is 1.25 bits per heavy atom. The van der Waals surface area contributed by atoms with Gasteiger partial charge in [0.25, 0.3) is 0 Å². The van der Waals surface area contributed by atoms with Gasteiger partial charge in [-0.15, -0.1) is 0 Å². The molecule has 0 atom stereocenters. The number of aliphatic imine (C=N–C) groups is 1. The lowest BCUT2D eigenvalue weighted by Crippen LogP contribution is -2.39. The summed E-state index contributed by atoms with van der Waals surface area (Å²) in [7, 11) is 1.97. The summed E-state index contributed by atoms with van der Waals surface area (Å²) in [6, 6.07) is 9.76. The molecule has 2 N–H and O–H groups in total. The molecule has 0 aromatic heterocycles. The second-order valence-electron chi connectivity index (χ2n) is 5.22. The number of nitrogens with zero attached hydrogens (tertiary/aromatic N) is 2. The van der Waals surface area contributed by atoms with Gasteiger partial charge in [0.2, 0.25) is 0 Å². The Morgan fingerprint density at radius 3 is 2.31 bits per heavy atom. The van der Waals surface area contributed by atoms with Crippen LogP contribution in [0.25, 0.3) is 0 Å². The number of guanidine groups is 1. The molecule has 0 saturated carbocycles. The lowest BCUT2D eigenvalue weighted by atomic mass is 9.96. The minimum atomic E-state index is 0.214. The van der Waals surface area contributed by atoms with E-state index in [1.165, 1.54) is 0 Å². The Labute approximate surface area is 98.0 Å². The molecule has 0 aliphatic rings. The molecule has 0 saturated heterocycles. The second kappa shape index (κ2) is 5.01. The summed E-state index contributed by atoms with van der Waals surface area (Å²) < 4.78 is 0. The normalized spacial score (nSPS) is 12.6. The summed E-state index contributed by atoms with van der Waals surface area (Å²) in [5.41, 5.74) is 7.04. The van der Waals surface area contributed by atoms with Crippen molar-refractivity contribution < 1.29 is 0 Å². The molecule has 0 aliphatic heterocycles. The van der Waals surface area contributed by atoms with Gasteiger partial charge in [0.15, 0.2) is 5.96 Å². The molecule has 0 bridgehead atoms. The van der Waals surface area contributed by atoms with Gasteiger partial charge < -0.3 is 10.6 Å². The van der Waals surface area contributed by atoms with E-state index >= 15 is 0 Å². The molecule has 1 aromatic carbocycles. The van der Waals surface area contributed by atoms with Crippen LogP contribution in [0.3, 0.4) is 0 Å². The average molecular weight is 219 g/mol. The SMILES string of the molecule is CN(CC(C)(C)C)C(N)=Nc1ccccc1. The molecule has 3 nitrogen and oxygen atoms in total. The van der Waals surface area contributed by atoms with Crippen molar-refractivity contribution in [1.82, 2.24) is 4.90 Å². The third kappa shape index (κ3) is 4.34. The fraction of sp³-hybridized carbons (Fsp3) is 0.462. The third-order valence-corrected chi connectivity index (χ3v) is 2.10. The highest BCUT2D eigenvalue weighted by Gasteiger charge is 2.14. The predicted molar refractivity (Wildman–Crippen MR) is 69.8 cm³/mol. The van der Waals surface area contributed by atoms with Crippen LogP contribution in [-0.2, 0) is 0 Å². The van der Waals surface area contributed by atoms with Crippen LogP contribution < -0.4 is 5.73 Å². The highest BCUT2D eigenvalue weighted by Crippen LogP contribution is 2.15. The predicted octanol–water partition coefficient (Wildman–Crippen LogP) is 2.61. The van der Waals surface area contributed by atoms with Gasteiger partial charge in [-0.2, -0.15) is 0 Å². The first-order chi connectivity index (χ1) is 7.38. The van der Waals surface area contributed by atoms with E-state index in [0.717, 1.165) is 12.2 Å². The fourth-order valence-electron chi connectivity index (χ4n) is 1.51. The maximum absolute atomic E-state index is 5.93. The van der Waals surface area contributed by atoms with E-state index in [1.807, 2.05) is 42.3 Å². The topological polar surface area (TPSA) is 41.6 Å². The Kier molecular flexibility index (Phi) is 3.93. The van der Waals surface area contributed by atoms with Crippen molar-refractivity contribution >= 4 is 11.6 Å². The van der Waals surface area contributed by atoms with Crippen molar-refractivity contribution in [3.05, 3.63) is 30.3 Å². The van der Waals surface area contributed by atoms with Crippen LogP contribution in [0.2, 0.25) is 0 Å². The molecule has 0 heterocycles. The van der Waals surface area contributed by atoms with E-state index in [1.54, 1.807) is 0 Å². The Bertz CT molecular complexity index is 349. The Balaban J connectivity index is 2.71. The summed E-state index contributed by atoms with van der Waals surface area (Å²) in [6.45, 7) is 7.42. The highest BCUT2D eigenvalue weighted by molar-refractivity contribution is 5.80. The molecular formula is C13H21N3. The second-order valence-corrected chi connectivity index (χ2v) is 5.22. The summed E-state index contributed by atoms with van der Waals surface area (Å²) in [6.07, 6.45) is 0. The molecule has 0 unspecified atom stereocenters. The average Bonchev–Trinajstić information content (AvgIpc) is 2.16. The molecule has 1 aromatic rings. The molecule has 0 radical (unpaired) electrons. The third-order valence-electron chi connectivity index (χ3n) is 2.10. The van der Waals surface area contributed by atoms with Crippen molar-refractivity contribution in [3.63, 3.8) is 0 Å². The van der Waals surface area contributed by atoms with Gasteiger partial charge in [-0.05, 0) is 17.5 Å². The largest absolute Gasteiger partial charge is 0.369 e. The molecule has 16 heavy (non-hydrogen) atoms.